The molecule has 0 aromatic heterocycles. The Morgan fingerprint density at radius 3 is 1.25 bits per heavy atom. The average molecular weight is 168 g/mol. The molecule has 0 atom stereocenters. The second-order valence-corrected chi connectivity index (χ2v) is 3.23. The Morgan fingerprint density at radius 2 is 1.25 bits per heavy atom. The summed E-state index contributed by atoms with van der Waals surface area (Å²) in [6, 6.07) is 0. The van der Waals surface area contributed by atoms with Crippen molar-refractivity contribution in [1.82, 2.24) is 0 Å². The Hall–Kier alpha value is 1.05. The Kier molecular flexibility index (Phi) is 4.48. The van der Waals surface area contributed by atoms with Gasteiger partial charge in [-0.3, -0.25) is 0 Å². The van der Waals surface area contributed by atoms with Crippen LogP contribution in [0.3, 0.4) is 0 Å². The average Bonchev–Trinajstić information content (AvgIpc) is 1.87. The second kappa shape index (κ2) is 3.96. The lowest BCUT2D eigenvalue weighted by atomic mass is 10.00. The first kappa shape index (κ1) is 9.05. The third kappa shape index (κ3) is 2.55. The molecule has 0 aromatic rings. The predicted molar refractivity (Wildman–Crippen MR) is 49.7 cm³/mol. The monoisotopic (exact) mass is 168 g/mol. The summed E-state index contributed by atoms with van der Waals surface area (Å²) in [7, 11) is 0. The Labute approximate surface area is 67.7 Å². The quantitative estimate of drug-likeness (QED) is 0.526. The van der Waals surface area contributed by atoms with Gasteiger partial charge in [0.2, 0.25) is 0 Å². The van der Waals surface area contributed by atoms with Crippen molar-refractivity contribution in [2.24, 2.45) is 5.41 Å². The molecule has 0 aromatic carbocycles. The third-order valence-corrected chi connectivity index (χ3v) is 3.44. The first-order chi connectivity index (χ1) is 3.68. The van der Waals surface area contributed by atoms with E-state index in [4.69, 9.17) is 0 Å². The van der Waals surface area contributed by atoms with Gasteiger partial charge >= 0.3 is 0 Å². The van der Waals surface area contributed by atoms with Crippen LogP contribution in [-0.2, 0) is 0 Å². The van der Waals surface area contributed by atoms with Gasteiger partial charge in [0.1, 0.15) is 0 Å². The van der Waals surface area contributed by atoms with Crippen molar-refractivity contribution in [3.63, 3.8) is 0 Å². The molecule has 0 nitrogen and oxygen atoms in total. The Morgan fingerprint density at radius 1 is 1.00 bits per heavy atom. The van der Waals surface area contributed by atoms with E-state index in [1.165, 1.54) is 0 Å². The van der Waals surface area contributed by atoms with Crippen LogP contribution >= 0.6 is 37.9 Å². The standard InChI is InChI=1S/C5H12S3/c1-5(2-6,3-7)4-8/h6-8H,2-4H2,1H3. The van der Waals surface area contributed by atoms with Crippen LogP contribution in [0.25, 0.3) is 0 Å². The van der Waals surface area contributed by atoms with E-state index in [0.717, 1.165) is 17.3 Å². The maximum absolute atomic E-state index is 4.16. The fraction of sp³-hybridized carbons (Fsp3) is 1.00. The normalized spacial score (nSPS) is 12.0. The van der Waals surface area contributed by atoms with Gasteiger partial charge in [-0.2, -0.15) is 37.9 Å². The molecule has 0 radical (unpaired) electrons. The molecule has 0 aliphatic carbocycles. The molecular formula is C5H12S3. The maximum Gasteiger partial charge on any atom is -0.00282 e. The highest BCUT2D eigenvalue weighted by molar-refractivity contribution is 7.82. The summed E-state index contributed by atoms with van der Waals surface area (Å²) in [5.41, 5.74) is 0.218. The summed E-state index contributed by atoms with van der Waals surface area (Å²) in [6.07, 6.45) is 0. The van der Waals surface area contributed by atoms with E-state index in [9.17, 15) is 0 Å². The lowest BCUT2D eigenvalue weighted by Crippen LogP contribution is -2.22. The van der Waals surface area contributed by atoms with Crippen molar-refractivity contribution >= 4 is 37.9 Å². The summed E-state index contributed by atoms with van der Waals surface area (Å²) in [5.74, 6) is 2.58. The molecule has 0 bridgehead atoms. The van der Waals surface area contributed by atoms with Crippen LogP contribution in [0.15, 0.2) is 0 Å². The summed E-state index contributed by atoms with van der Waals surface area (Å²) < 4.78 is 0. The zero-order chi connectivity index (χ0) is 6.62. The van der Waals surface area contributed by atoms with E-state index in [2.05, 4.69) is 44.8 Å². The SMILES string of the molecule is CC(CS)(CS)CS. The number of hydrogen-bond acceptors (Lipinski definition) is 3. The second-order valence-electron chi connectivity index (χ2n) is 2.29. The minimum Gasteiger partial charge on any atom is -0.179 e. The number of rotatable bonds is 3. The molecule has 0 heterocycles. The molecular weight excluding hydrogens is 156 g/mol. The molecule has 0 saturated heterocycles. The van der Waals surface area contributed by atoms with Gasteiger partial charge in [0, 0.05) is 0 Å². The van der Waals surface area contributed by atoms with Gasteiger partial charge in [-0.05, 0) is 22.7 Å². The number of hydrogen-bond donors (Lipinski definition) is 3. The molecule has 0 rings (SSSR count). The van der Waals surface area contributed by atoms with Gasteiger partial charge in [-0.15, -0.1) is 0 Å². The maximum atomic E-state index is 4.16. The van der Waals surface area contributed by atoms with Gasteiger partial charge in [0.05, 0.1) is 0 Å². The minimum atomic E-state index is 0.218. The van der Waals surface area contributed by atoms with Gasteiger partial charge in [-0.25, -0.2) is 0 Å². The van der Waals surface area contributed by atoms with E-state index in [-0.39, 0.29) is 5.41 Å². The third-order valence-electron chi connectivity index (χ3n) is 1.15. The largest absolute Gasteiger partial charge is 0.179 e. The van der Waals surface area contributed by atoms with Crippen LogP contribution in [-0.4, -0.2) is 17.3 Å². The zero-order valence-corrected chi connectivity index (χ0v) is 7.65. The molecule has 3 heteroatoms. The van der Waals surface area contributed by atoms with E-state index >= 15 is 0 Å². The summed E-state index contributed by atoms with van der Waals surface area (Å²) in [4.78, 5) is 0. The van der Waals surface area contributed by atoms with Crippen molar-refractivity contribution in [2.75, 3.05) is 17.3 Å². The van der Waals surface area contributed by atoms with Crippen LogP contribution in [0.1, 0.15) is 6.92 Å². The van der Waals surface area contributed by atoms with Gasteiger partial charge < -0.3 is 0 Å². The molecule has 0 spiro atoms. The van der Waals surface area contributed by atoms with Crippen molar-refractivity contribution < 1.29 is 0 Å². The summed E-state index contributed by atoms with van der Waals surface area (Å²) in [5, 5.41) is 0. The van der Waals surface area contributed by atoms with Crippen molar-refractivity contribution in [3.05, 3.63) is 0 Å². The van der Waals surface area contributed by atoms with Crippen LogP contribution in [0.2, 0.25) is 0 Å². The van der Waals surface area contributed by atoms with Crippen molar-refractivity contribution in [2.45, 2.75) is 6.92 Å². The molecule has 0 aliphatic rings. The lowest BCUT2D eigenvalue weighted by Gasteiger charge is -2.21. The van der Waals surface area contributed by atoms with Crippen LogP contribution < -0.4 is 0 Å². The molecule has 0 N–H and O–H groups in total. The van der Waals surface area contributed by atoms with Crippen LogP contribution in [0, 0.1) is 5.41 Å². The van der Waals surface area contributed by atoms with E-state index in [1.54, 1.807) is 0 Å². The highest BCUT2D eigenvalue weighted by Crippen LogP contribution is 2.20. The Bertz CT molecular complexity index is 50.4. The summed E-state index contributed by atoms with van der Waals surface area (Å²) >= 11 is 12.5. The van der Waals surface area contributed by atoms with Gasteiger partial charge in [-0.1, -0.05) is 6.92 Å². The molecule has 0 amide bonds. The van der Waals surface area contributed by atoms with Crippen molar-refractivity contribution in [3.8, 4) is 0 Å². The molecule has 0 unspecified atom stereocenters. The van der Waals surface area contributed by atoms with Crippen LogP contribution in [0.4, 0.5) is 0 Å². The fourth-order valence-electron chi connectivity index (χ4n) is 0.150. The molecule has 8 heavy (non-hydrogen) atoms. The van der Waals surface area contributed by atoms with Gasteiger partial charge in [0.15, 0.2) is 0 Å². The molecule has 0 fully saturated rings. The lowest BCUT2D eigenvalue weighted by molar-refractivity contribution is 0.508. The number of thiol groups is 3. The minimum absolute atomic E-state index is 0.218. The fourth-order valence-corrected chi connectivity index (χ4v) is 1.35. The predicted octanol–water partition coefficient (Wildman–Crippen LogP) is 1.78. The van der Waals surface area contributed by atoms with Crippen LogP contribution in [0.5, 0.6) is 0 Å². The van der Waals surface area contributed by atoms with E-state index in [0.29, 0.717) is 0 Å². The highest BCUT2D eigenvalue weighted by Gasteiger charge is 2.17. The smallest absolute Gasteiger partial charge is 0.00282 e. The first-order valence-electron chi connectivity index (χ1n) is 2.51. The molecule has 50 valence electrons. The molecule has 0 aliphatic heterocycles. The topological polar surface area (TPSA) is 0 Å². The highest BCUT2D eigenvalue weighted by atomic mass is 32.1. The van der Waals surface area contributed by atoms with Crippen molar-refractivity contribution in [1.29, 1.82) is 0 Å². The summed E-state index contributed by atoms with van der Waals surface area (Å²) in [6.45, 7) is 2.12. The Balaban J connectivity index is 3.58. The van der Waals surface area contributed by atoms with E-state index in [1.807, 2.05) is 0 Å². The molecule has 0 saturated carbocycles. The van der Waals surface area contributed by atoms with E-state index < -0.39 is 0 Å². The zero-order valence-electron chi connectivity index (χ0n) is 4.96. The van der Waals surface area contributed by atoms with Gasteiger partial charge in [0.25, 0.3) is 0 Å². The first-order valence-corrected chi connectivity index (χ1v) is 4.41.